The van der Waals surface area contributed by atoms with Crippen LogP contribution in [-0.4, -0.2) is 61.4 Å². The van der Waals surface area contributed by atoms with Crippen molar-refractivity contribution in [2.24, 2.45) is 0 Å². The summed E-state index contributed by atoms with van der Waals surface area (Å²) in [5.74, 6) is 0. The Kier molecular flexibility index (Phi) is 6.95. The molecule has 0 amide bonds. The van der Waals surface area contributed by atoms with Crippen LogP contribution in [0.4, 0.5) is 0 Å². The normalized spacial score (nSPS) is 21.0. The number of piperidine rings is 2. The summed E-state index contributed by atoms with van der Waals surface area (Å²) in [7, 11) is -2.29. The minimum Gasteiger partial charge on any atom is -0.319 e. The molecule has 0 unspecified atom stereocenters. The van der Waals surface area contributed by atoms with E-state index < -0.39 is 7.14 Å². The second kappa shape index (κ2) is 9.17. The second-order valence-electron chi connectivity index (χ2n) is 7.48. The fourth-order valence-corrected chi connectivity index (χ4v) is 6.71. The lowest BCUT2D eigenvalue weighted by molar-refractivity contribution is 0.237. The summed E-state index contributed by atoms with van der Waals surface area (Å²) in [5, 5.41) is 1.10. The van der Waals surface area contributed by atoms with E-state index in [-0.39, 0.29) is 0 Å². The molecule has 0 aromatic heterocycles. The second-order valence-corrected chi connectivity index (χ2v) is 10.7. The SMILES string of the molecule is O=P(CCN1CCCCC1)(CCN1CCCCC1)c1ccccc1. The van der Waals surface area contributed by atoms with Gasteiger partial charge in [-0.1, -0.05) is 43.2 Å². The van der Waals surface area contributed by atoms with E-state index in [9.17, 15) is 4.57 Å². The molecule has 1 aromatic rings. The third kappa shape index (κ3) is 5.18. The smallest absolute Gasteiger partial charge is 0.118 e. The maximum absolute atomic E-state index is 13.8. The number of rotatable bonds is 7. The number of likely N-dealkylation sites (tertiary alicyclic amines) is 2. The molecule has 0 aliphatic carbocycles. The summed E-state index contributed by atoms with van der Waals surface area (Å²) < 4.78 is 13.8. The molecule has 0 atom stereocenters. The van der Waals surface area contributed by atoms with Crippen LogP contribution in [0.3, 0.4) is 0 Å². The van der Waals surface area contributed by atoms with E-state index in [1.54, 1.807) is 0 Å². The quantitative estimate of drug-likeness (QED) is 0.703. The molecule has 0 N–H and O–H groups in total. The van der Waals surface area contributed by atoms with Crippen LogP contribution in [0.1, 0.15) is 38.5 Å². The summed E-state index contributed by atoms with van der Waals surface area (Å²) in [5.41, 5.74) is 0. The van der Waals surface area contributed by atoms with Crippen LogP contribution >= 0.6 is 7.14 Å². The highest BCUT2D eigenvalue weighted by atomic mass is 31.2. The molecule has 2 fully saturated rings. The van der Waals surface area contributed by atoms with E-state index in [1.165, 1.54) is 64.7 Å². The van der Waals surface area contributed by atoms with E-state index in [0.717, 1.165) is 30.7 Å². The Morgan fingerprint density at radius 1 is 0.708 bits per heavy atom. The van der Waals surface area contributed by atoms with Crippen molar-refractivity contribution in [2.45, 2.75) is 38.5 Å². The van der Waals surface area contributed by atoms with Crippen LogP contribution in [0.15, 0.2) is 30.3 Å². The molecule has 0 bridgehead atoms. The van der Waals surface area contributed by atoms with Crippen molar-refractivity contribution in [1.82, 2.24) is 9.80 Å². The molecule has 134 valence electrons. The number of hydrogen-bond donors (Lipinski definition) is 0. The lowest BCUT2D eigenvalue weighted by atomic mass is 10.1. The largest absolute Gasteiger partial charge is 0.319 e. The molecular formula is C20H33N2OP. The molecular weight excluding hydrogens is 315 g/mol. The Morgan fingerprint density at radius 3 is 1.62 bits per heavy atom. The Bertz CT molecular complexity index is 496. The van der Waals surface area contributed by atoms with Crippen LogP contribution in [0.2, 0.25) is 0 Å². The predicted molar refractivity (Wildman–Crippen MR) is 104 cm³/mol. The predicted octanol–water partition coefficient (Wildman–Crippen LogP) is 3.65. The first-order chi connectivity index (χ1) is 11.8. The van der Waals surface area contributed by atoms with E-state index in [2.05, 4.69) is 21.9 Å². The highest BCUT2D eigenvalue weighted by molar-refractivity contribution is 7.71. The topological polar surface area (TPSA) is 23.6 Å². The maximum Gasteiger partial charge on any atom is 0.118 e. The van der Waals surface area contributed by atoms with Gasteiger partial charge in [0.2, 0.25) is 0 Å². The molecule has 2 aliphatic rings. The first kappa shape index (κ1) is 18.2. The monoisotopic (exact) mass is 348 g/mol. The average molecular weight is 348 g/mol. The molecule has 2 aliphatic heterocycles. The van der Waals surface area contributed by atoms with Gasteiger partial charge in [-0.05, 0) is 51.9 Å². The van der Waals surface area contributed by atoms with Gasteiger partial charge in [0.25, 0.3) is 0 Å². The van der Waals surface area contributed by atoms with Crippen molar-refractivity contribution >= 4 is 12.4 Å². The molecule has 0 radical (unpaired) electrons. The van der Waals surface area contributed by atoms with Gasteiger partial charge in [-0.25, -0.2) is 0 Å². The highest BCUT2D eigenvalue weighted by Crippen LogP contribution is 2.44. The fraction of sp³-hybridized carbons (Fsp3) is 0.700. The van der Waals surface area contributed by atoms with Crippen LogP contribution in [0.25, 0.3) is 0 Å². The lowest BCUT2D eigenvalue weighted by Crippen LogP contribution is -2.35. The first-order valence-corrected chi connectivity index (χ1v) is 11.9. The zero-order valence-electron chi connectivity index (χ0n) is 15.0. The van der Waals surface area contributed by atoms with Gasteiger partial charge in [-0.15, -0.1) is 0 Å². The minimum absolute atomic E-state index is 0.852. The number of benzene rings is 1. The Hall–Kier alpha value is -0.630. The molecule has 24 heavy (non-hydrogen) atoms. The molecule has 2 saturated heterocycles. The minimum atomic E-state index is -2.29. The van der Waals surface area contributed by atoms with Crippen molar-refractivity contribution in [3.63, 3.8) is 0 Å². The first-order valence-electron chi connectivity index (χ1n) is 9.85. The summed E-state index contributed by atoms with van der Waals surface area (Å²) in [6.45, 7) is 6.79. The van der Waals surface area contributed by atoms with Gasteiger partial charge in [-0.3, -0.25) is 0 Å². The van der Waals surface area contributed by atoms with Gasteiger partial charge in [0.05, 0.1) is 0 Å². The van der Waals surface area contributed by atoms with Gasteiger partial charge in [-0.2, -0.15) is 0 Å². The van der Waals surface area contributed by atoms with Gasteiger partial charge in [0, 0.05) is 30.7 Å². The van der Waals surface area contributed by atoms with Crippen molar-refractivity contribution in [2.75, 3.05) is 51.6 Å². The van der Waals surface area contributed by atoms with E-state index in [1.807, 2.05) is 18.2 Å². The molecule has 2 heterocycles. The number of nitrogens with zero attached hydrogens (tertiary/aromatic N) is 2. The number of hydrogen-bond acceptors (Lipinski definition) is 3. The van der Waals surface area contributed by atoms with Crippen molar-refractivity contribution in [3.05, 3.63) is 30.3 Å². The summed E-state index contributed by atoms with van der Waals surface area (Å²) in [6, 6.07) is 10.3. The van der Waals surface area contributed by atoms with E-state index in [4.69, 9.17) is 0 Å². The Balaban J connectivity index is 1.62. The molecule has 3 rings (SSSR count). The Labute approximate surface area is 147 Å². The van der Waals surface area contributed by atoms with Gasteiger partial charge >= 0.3 is 0 Å². The van der Waals surface area contributed by atoms with Crippen LogP contribution in [0.5, 0.6) is 0 Å². The van der Waals surface area contributed by atoms with Gasteiger partial charge in [0.1, 0.15) is 7.14 Å². The van der Waals surface area contributed by atoms with Crippen molar-refractivity contribution in [1.29, 1.82) is 0 Å². The van der Waals surface area contributed by atoms with Gasteiger partial charge in [0.15, 0.2) is 0 Å². The van der Waals surface area contributed by atoms with Gasteiger partial charge < -0.3 is 14.4 Å². The average Bonchev–Trinajstić information content (AvgIpc) is 2.67. The van der Waals surface area contributed by atoms with Crippen LogP contribution in [-0.2, 0) is 4.57 Å². The van der Waals surface area contributed by atoms with E-state index in [0.29, 0.717) is 0 Å². The molecule has 1 aromatic carbocycles. The van der Waals surface area contributed by atoms with E-state index >= 15 is 0 Å². The van der Waals surface area contributed by atoms with Crippen molar-refractivity contribution < 1.29 is 4.57 Å². The Morgan fingerprint density at radius 2 is 1.17 bits per heavy atom. The maximum atomic E-state index is 13.8. The van der Waals surface area contributed by atoms with Crippen LogP contribution < -0.4 is 5.30 Å². The molecule has 0 saturated carbocycles. The lowest BCUT2D eigenvalue weighted by Gasteiger charge is -2.31. The van der Waals surface area contributed by atoms with Crippen LogP contribution in [0, 0.1) is 0 Å². The summed E-state index contributed by atoms with van der Waals surface area (Å²) in [6.07, 6.45) is 9.67. The molecule has 4 heteroatoms. The molecule has 3 nitrogen and oxygen atoms in total. The summed E-state index contributed by atoms with van der Waals surface area (Å²) >= 11 is 0. The fourth-order valence-electron chi connectivity index (χ4n) is 4.04. The highest BCUT2D eigenvalue weighted by Gasteiger charge is 2.26. The third-order valence-corrected chi connectivity index (χ3v) is 8.76. The molecule has 0 spiro atoms. The zero-order valence-corrected chi connectivity index (χ0v) is 15.9. The third-order valence-electron chi connectivity index (χ3n) is 5.68. The standard InChI is InChI=1S/C20H33N2OP/c23-24(20-10-4-1-5-11-20,18-16-21-12-6-2-7-13-21)19-17-22-14-8-3-9-15-22/h1,4-5,10-11H,2-3,6-9,12-19H2. The van der Waals surface area contributed by atoms with Crippen molar-refractivity contribution in [3.8, 4) is 0 Å². The zero-order chi connectivity index (χ0) is 16.7. The summed E-state index contributed by atoms with van der Waals surface area (Å²) in [4.78, 5) is 5.06.